The first-order valence-electron chi connectivity index (χ1n) is 27.1. The van der Waals surface area contributed by atoms with Gasteiger partial charge in [-0.3, -0.25) is 24.6 Å². The molecule has 7 fully saturated rings. The van der Waals surface area contributed by atoms with Crippen LogP contribution < -0.4 is 15.0 Å². The van der Waals surface area contributed by atoms with Gasteiger partial charge in [-0.1, -0.05) is 13.0 Å². The molecule has 2 atom stereocenters. The van der Waals surface area contributed by atoms with Gasteiger partial charge in [0.25, 0.3) is 0 Å². The molecule has 17 heteroatoms. The minimum Gasteiger partial charge on any atom is -0.508 e. The van der Waals surface area contributed by atoms with Crippen molar-refractivity contribution < 1.29 is 37.3 Å². The number of rotatable bonds is 11. The van der Waals surface area contributed by atoms with E-state index in [2.05, 4.69) is 30.1 Å². The van der Waals surface area contributed by atoms with E-state index >= 15 is 13.2 Å². The van der Waals surface area contributed by atoms with Gasteiger partial charge in [-0.2, -0.15) is 15.1 Å². The molecule has 1 unspecified atom stereocenters. The lowest BCUT2D eigenvalue weighted by molar-refractivity contribution is -0.151. The summed E-state index contributed by atoms with van der Waals surface area (Å²) in [7, 11) is 1.83. The van der Waals surface area contributed by atoms with Crippen LogP contribution >= 0.6 is 0 Å². The van der Waals surface area contributed by atoms with E-state index in [1.807, 2.05) is 20.0 Å². The highest BCUT2D eigenvalue weighted by Gasteiger charge is 2.51. The molecule has 5 aliphatic heterocycles. The van der Waals surface area contributed by atoms with Crippen LogP contribution in [0.25, 0.3) is 43.8 Å². The maximum atomic E-state index is 17.3. The number of carbonyl (C=O) groups is 2. The zero-order valence-corrected chi connectivity index (χ0v) is 42.3. The fourth-order valence-corrected chi connectivity index (χ4v) is 14.0. The van der Waals surface area contributed by atoms with E-state index in [1.165, 1.54) is 37.8 Å². The van der Waals surface area contributed by atoms with Crippen molar-refractivity contribution in [2.24, 2.45) is 17.9 Å². The van der Waals surface area contributed by atoms with Gasteiger partial charge in [0.2, 0.25) is 11.8 Å². The van der Waals surface area contributed by atoms with Gasteiger partial charge in [0.05, 0.1) is 41.3 Å². The average Bonchev–Trinajstić information content (AvgIpc) is 4.08. The largest absolute Gasteiger partial charge is 0.508 e. The van der Waals surface area contributed by atoms with E-state index in [-0.39, 0.29) is 64.0 Å². The number of imide groups is 1. The second kappa shape index (κ2) is 18.1. The summed E-state index contributed by atoms with van der Waals surface area (Å²) in [6.45, 7) is 9.25. The molecule has 7 aliphatic rings. The number of benzene rings is 3. The van der Waals surface area contributed by atoms with Crippen LogP contribution in [-0.4, -0.2) is 122 Å². The Kier molecular flexibility index (Phi) is 11.7. The molecule has 3 aromatic heterocycles. The summed E-state index contributed by atoms with van der Waals surface area (Å²) in [4.78, 5) is 46.3. The average molecular weight is 1010 g/mol. The molecular formula is C57H64F3N9O5. The van der Waals surface area contributed by atoms with Crippen molar-refractivity contribution in [3.05, 3.63) is 76.9 Å². The van der Waals surface area contributed by atoms with Crippen LogP contribution in [0.5, 0.6) is 11.8 Å². The van der Waals surface area contributed by atoms with E-state index in [0.717, 1.165) is 102 Å². The Labute approximate surface area is 428 Å². The third-order valence-electron chi connectivity index (χ3n) is 18.5. The number of carbonyl (C=O) groups excluding carboxylic acids is 2. The van der Waals surface area contributed by atoms with E-state index in [0.29, 0.717) is 81.6 Å². The van der Waals surface area contributed by atoms with Crippen molar-refractivity contribution in [2.45, 2.75) is 120 Å². The van der Waals surface area contributed by atoms with Crippen molar-refractivity contribution in [1.29, 1.82) is 0 Å². The first-order chi connectivity index (χ1) is 35.8. The summed E-state index contributed by atoms with van der Waals surface area (Å²) >= 11 is 0. The van der Waals surface area contributed by atoms with Crippen molar-refractivity contribution >= 4 is 50.2 Å². The monoisotopic (exact) mass is 1010 g/mol. The van der Waals surface area contributed by atoms with Gasteiger partial charge in [0.1, 0.15) is 34.4 Å². The van der Waals surface area contributed by atoms with E-state index in [9.17, 15) is 14.7 Å². The number of phenols is 1. The lowest BCUT2D eigenvalue weighted by Crippen LogP contribution is -2.56. The molecule has 6 aromatic rings. The van der Waals surface area contributed by atoms with E-state index in [4.69, 9.17) is 19.4 Å². The number of nitrogens with zero attached hydrogens (tertiary/aromatic N) is 8. The molecule has 388 valence electrons. The molecule has 0 radical (unpaired) electrons. The Morgan fingerprint density at radius 2 is 1.70 bits per heavy atom. The number of piperidine rings is 4. The van der Waals surface area contributed by atoms with Gasteiger partial charge < -0.3 is 29.3 Å². The Hall–Kier alpha value is -5.91. The third-order valence-corrected chi connectivity index (χ3v) is 18.5. The number of amides is 2. The first-order valence-corrected chi connectivity index (χ1v) is 27.1. The molecule has 74 heavy (non-hydrogen) atoms. The van der Waals surface area contributed by atoms with Crippen LogP contribution in [-0.2, 0) is 27.8 Å². The van der Waals surface area contributed by atoms with E-state index < -0.39 is 17.6 Å². The highest BCUT2D eigenvalue weighted by atomic mass is 19.1. The number of halogens is 3. The summed E-state index contributed by atoms with van der Waals surface area (Å²) in [6, 6.07) is 10.2. The number of aromatic nitrogens is 5. The van der Waals surface area contributed by atoms with E-state index in [1.54, 1.807) is 29.1 Å². The van der Waals surface area contributed by atoms with Crippen molar-refractivity contribution in [3.63, 3.8) is 0 Å². The number of fused-ring (bicyclic) bond motifs is 3. The summed E-state index contributed by atoms with van der Waals surface area (Å²) < 4.78 is 62.8. The summed E-state index contributed by atoms with van der Waals surface area (Å²) in [6.07, 6.45) is 14.0. The van der Waals surface area contributed by atoms with Crippen LogP contribution in [0, 0.1) is 28.3 Å². The molecule has 2 amide bonds. The van der Waals surface area contributed by atoms with Crippen LogP contribution in [0.4, 0.5) is 19.0 Å². The third kappa shape index (κ3) is 8.35. The Morgan fingerprint density at radius 3 is 2.43 bits per heavy atom. The summed E-state index contributed by atoms with van der Waals surface area (Å²) in [5.74, 6) is -1.93. The quantitative estimate of drug-likeness (QED) is 0.119. The van der Waals surface area contributed by atoms with Gasteiger partial charge >= 0.3 is 6.01 Å². The molecule has 5 saturated heterocycles. The topological polar surface area (TPSA) is 151 Å². The normalized spacial score (nSPS) is 24.5. The Morgan fingerprint density at radius 1 is 0.905 bits per heavy atom. The molecule has 14 nitrogen and oxygen atoms in total. The molecule has 13 rings (SSSR count). The molecule has 2 saturated carbocycles. The molecule has 2 aliphatic carbocycles. The summed E-state index contributed by atoms with van der Waals surface area (Å²) in [5, 5.41) is 20.0. The molecule has 2 spiro atoms. The zero-order valence-electron chi connectivity index (χ0n) is 42.3. The predicted molar refractivity (Wildman–Crippen MR) is 274 cm³/mol. The fourth-order valence-electron chi connectivity index (χ4n) is 14.0. The number of ether oxygens (including phenoxy) is 2. The SMILES string of the molecule is CCc1c(F)ccc2cc(O)cc(-c3ncc4c(N5CCC[C@]6(CCO6)C5)nc(OCC5(CN6CCC7(CC6)CC(N6CCC(c8cc9c(cc8F)c(C8CCC(=O)NC8=O)nn9C)CC6)C7)CC5)nc4c3F)c12. The van der Waals surface area contributed by atoms with Crippen LogP contribution in [0.15, 0.2) is 42.6 Å². The highest BCUT2D eigenvalue weighted by molar-refractivity contribution is 6.03. The van der Waals surface area contributed by atoms with Crippen molar-refractivity contribution in [3.8, 4) is 23.0 Å². The Balaban J connectivity index is 0.657. The van der Waals surface area contributed by atoms with Gasteiger partial charge in [0, 0.05) is 68.1 Å². The van der Waals surface area contributed by atoms with Gasteiger partial charge in [-0.05, 0) is 167 Å². The maximum absolute atomic E-state index is 17.3. The minimum atomic E-state index is -0.675. The maximum Gasteiger partial charge on any atom is 0.319 e. The predicted octanol–water partition coefficient (Wildman–Crippen LogP) is 8.98. The lowest BCUT2D eigenvalue weighted by atomic mass is 9.59. The van der Waals surface area contributed by atoms with Crippen LogP contribution in [0.1, 0.15) is 119 Å². The van der Waals surface area contributed by atoms with Gasteiger partial charge in [-0.25, -0.2) is 13.2 Å². The number of pyridine rings is 1. The Bertz CT molecular complexity index is 3240. The van der Waals surface area contributed by atoms with Crippen molar-refractivity contribution in [2.75, 3.05) is 63.9 Å². The van der Waals surface area contributed by atoms with Crippen molar-refractivity contribution in [1.82, 2.24) is 39.8 Å². The molecule has 3 aromatic carbocycles. The molecule has 8 heterocycles. The number of phenolic OH excluding ortho intramolecular Hbond substituents is 1. The molecule has 0 bridgehead atoms. The second-order valence-electron chi connectivity index (χ2n) is 23.1. The second-order valence-corrected chi connectivity index (χ2v) is 23.1. The minimum absolute atomic E-state index is 0.0203. The summed E-state index contributed by atoms with van der Waals surface area (Å²) in [5.41, 5.74) is 2.93. The van der Waals surface area contributed by atoms with Gasteiger partial charge in [0.15, 0.2) is 5.82 Å². The number of anilines is 1. The van der Waals surface area contributed by atoms with Crippen LogP contribution in [0.2, 0.25) is 0 Å². The number of hydrogen-bond acceptors (Lipinski definition) is 12. The smallest absolute Gasteiger partial charge is 0.319 e. The standard InChI is InChI=1S/C57H64F3N9O5/c1-3-37-43(58)7-5-34-23-36(70)24-41(47(34)37)50-48(60)51-42(29-61-50)52(69-17-4-11-57(31-69)16-22-74-57)64-54(63-51)73-32-56(12-13-56)30-67-20-14-55(15-21-67)27-35(28-55)68-18-9-33(10-19-68)39-26-45-40(25-44(39)59)49(65-66(45)2)38-6-8-46(71)62-53(38)72/h5,7,23-26,29,33,35,38,70H,3-4,6,8-22,27-28,30-32H2,1-2H3,(H,62,71,72)/t38?,57-/m0/s1. The number of nitrogens with one attached hydrogen (secondary N) is 1. The highest BCUT2D eigenvalue weighted by Crippen LogP contribution is 2.54. The molecular weight excluding hydrogens is 948 g/mol. The number of aromatic hydroxyl groups is 1. The first kappa shape index (κ1) is 47.8. The number of likely N-dealkylation sites (tertiary alicyclic amines) is 2. The van der Waals surface area contributed by atoms with Crippen LogP contribution in [0.3, 0.4) is 0 Å². The number of aryl methyl sites for hydroxylation is 2. The van der Waals surface area contributed by atoms with Gasteiger partial charge in [-0.15, -0.1) is 0 Å². The fraction of sp³-hybridized carbons (Fsp3) is 0.544. The zero-order chi connectivity index (χ0) is 50.7. The molecule has 2 N–H and O–H groups in total. The number of hydrogen-bond donors (Lipinski definition) is 2. The lowest BCUT2D eigenvalue weighted by Gasteiger charge is -2.56.